The summed E-state index contributed by atoms with van der Waals surface area (Å²) in [6, 6.07) is 5.96. The van der Waals surface area contributed by atoms with Crippen LogP contribution in [-0.4, -0.2) is 30.6 Å². The van der Waals surface area contributed by atoms with Gasteiger partial charge in [-0.05, 0) is 42.9 Å². The number of nitrogens with one attached hydrogen (secondary N) is 3. The average Bonchev–Trinajstić information content (AvgIpc) is 3.16. The van der Waals surface area contributed by atoms with Gasteiger partial charge in [0.2, 0.25) is 15.9 Å². The molecule has 0 unspecified atom stereocenters. The zero-order valence-corrected chi connectivity index (χ0v) is 13.8. The van der Waals surface area contributed by atoms with Gasteiger partial charge in [0.15, 0.2) is 0 Å². The Hall–Kier alpha value is -2.19. The number of benzene rings is 1. The van der Waals surface area contributed by atoms with Gasteiger partial charge in [-0.2, -0.15) is 9.82 Å². The van der Waals surface area contributed by atoms with Crippen LogP contribution in [0.15, 0.2) is 29.2 Å². The van der Waals surface area contributed by atoms with E-state index < -0.39 is 16.1 Å². The average molecular weight is 346 g/mol. The zero-order chi connectivity index (χ0) is 16.7. The van der Waals surface area contributed by atoms with Gasteiger partial charge >= 0.3 is 0 Å². The van der Waals surface area contributed by atoms with Crippen LogP contribution in [0.4, 0.5) is 0 Å². The molecule has 0 bridgehead atoms. The molecule has 1 atom stereocenters. The van der Waals surface area contributed by atoms with Gasteiger partial charge < -0.3 is 5.32 Å². The fraction of sp³-hybridized carbons (Fsp3) is 0.375. The standard InChI is InChI=1S/C16H18N4O3S/c21-16(17-9-14-11-5-3-6-12(11)18-19-14)13-8-10-4-1-2-7-15(10)24(22,23)20-13/h1-2,4,7,13,20H,3,5-6,8-9H2,(H,17,21)(H,18,19)/t13-/m0/s1. The summed E-state index contributed by atoms with van der Waals surface area (Å²) < 4.78 is 27.0. The predicted octanol–water partition coefficient (Wildman–Crippen LogP) is 0.418. The predicted molar refractivity (Wildman–Crippen MR) is 86.7 cm³/mol. The highest BCUT2D eigenvalue weighted by Crippen LogP contribution is 2.24. The van der Waals surface area contributed by atoms with Crippen molar-refractivity contribution >= 4 is 15.9 Å². The number of hydrogen-bond donors (Lipinski definition) is 3. The first-order chi connectivity index (χ1) is 11.5. The first-order valence-electron chi connectivity index (χ1n) is 7.97. The number of rotatable bonds is 3. The van der Waals surface area contributed by atoms with E-state index in [9.17, 15) is 13.2 Å². The first kappa shape index (κ1) is 15.3. The van der Waals surface area contributed by atoms with E-state index in [1.165, 1.54) is 5.56 Å². The summed E-state index contributed by atoms with van der Waals surface area (Å²) in [7, 11) is -3.65. The summed E-state index contributed by atoms with van der Waals surface area (Å²) in [6.45, 7) is 0.310. The van der Waals surface area contributed by atoms with Crippen molar-refractivity contribution in [3.05, 3.63) is 46.8 Å². The third-order valence-corrected chi connectivity index (χ3v) is 6.19. The molecule has 2 aromatic rings. The van der Waals surface area contributed by atoms with Crippen molar-refractivity contribution < 1.29 is 13.2 Å². The van der Waals surface area contributed by atoms with Crippen LogP contribution in [0.2, 0.25) is 0 Å². The van der Waals surface area contributed by atoms with E-state index in [0.29, 0.717) is 18.5 Å². The lowest BCUT2D eigenvalue weighted by molar-refractivity contribution is -0.122. The van der Waals surface area contributed by atoms with Crippen LogP contribution in [0.1, 0.15) is 28.9 Å². The summed E-state index contributed by atoms with van der Waals surface area (Å²) in [6.07, 6.45) is 3.42. The Morgan fingerprint density at radius 1 is 1.29 bits per heavy atom. The number of fused-ring (bicyclic) bond motifs is 2. The number of aromatic nitrogens is 2. The number of aryl methyl sites for hydroxylation is 1. The van der Waals surface area contributed by atoms with E-state index in [1.807, 2.05) is 0 Å². The monoisotopic (exact) mass is 346 g/mol. The van der Waals surface area contributed by atoms with E-state index in [4.69, 9.17) is 0 Å². The van der Waals surface area contributed by atoms with Crippen molar-refractivity contribution in [2.45, 2.75) is 43.2 Å². The molecule has 0 spiro atoms. The fourth-order valence-corrected chi connectivity index (χ4v) is 4.87. The van der Waals surface area contributed by atoms with Crippen molar-refractivity contribution in [1.29, 1.82) is 0 Å². The summed E-state index contributed by atoms with van der Waals surface area (Å²) in [4.78, 5) is 12.7. The SMILES string of the molecule is O=C(NCc1n[nH]c2c1CCC2)[C@@H]1Cc2ccccc2S(=O)(=O)N1. The number of H-pyrrole nitrogens is 1. The van der Waals surface area contributed by atoms with Crippen molar-refractivity contribution in [1.82, 2.24) is 20.2 Å². The van der Waals surface area contributed by atoms with Gasteiger partial charge in [-0.15, -0.1) is 0 Å². The Balaban J connectivity index is 1.48. The maximum Gasteiger partial charge on any atom is 0.241 e. The van der Waals surface area contributed by atoms with Crippen LogP contribution in [0.5, 0.6) is 0 Å². The van der Waals surface area contributed by atoms with E-state index in [2.05, 4.69) is 20.2 Å². The van der Waals surface area contributed by atoms with Crippen LogP contribution in [0, 0.1) is 0 Å². The van der Waals surface area contributed by atoms with Crippen molar-refractivity contribution in [2.24, 2.45) is 0 Å². The third kappa shape index (κ3) is 2.61. The number of carbonyl (C=O) groups is 1. The molecule has 0 saturated heterocycles. The van der Waals surface area contributed by atoms with Crippen LogP contribution in [0.25, 0.3) is 0 Å². The third-order valence-electron chi connectivity index (χ3n) is 4.62. The van der Waals surface area contributed by atoms with Crippen LogP contribution in [0.3, 0.4) is 0 Å². The Morgan fingerprint density at radius 3 is 3.00 bits per heavy atom. The Bertz CT molecular complexity index is 904. The Kier molecular flexibility index (Phi) is 3.65. The number of carbonyl (C=O) groups excluding carboxylic acids is 1. The molecule has 0 fully saturated rings. The number of aromatic amines is 1. The summed E-state index contributed by atoms with van der Waals surface area (Å²) in [5.41, 5.74) is 3.84. The van der Waals surface area contributed by atoms with E-state index in [-0.39, 0.29) is 10.8 Å². The summed E-state index contributed by atoms with van der Waals surface area (Å²) >= 11 is 0. The number of hydrogen-bond acceptors (Lipinski definition) is 4. The molecule has 2 aliphatic rings. The van der Waals surface area contributed by atoms with Gasteiger partial charge in [-0.1, -0.05) is 18.2 Å². The van der Waals surface area contributed by atoms with Crippen molar-refractivity contribution in [3.63, 3.8) is 0 Å². The van der Waals surface area contributed by atoms with Gasteiger partial charge in [0.25, 0.3) is 0 Å². The van der Waals surface area contributed by atoms with E-state index in [0.717, 1.165) is 30.7 Å². The second-order valence-electron chi connectivity index (χ2n) is 6.18. The molecule has 1 aromatic carbocycles. The Labute approximate surface area is 139 Å². The molecule has 1 amide bonds. The quantitative estimate of drug-likeness (QED) is 0.749. The lowest BCUT2D eigenvalue weighted by Crippen LogP contribution is -2.50. The van der Waals surface area contributed by atoms with Crippen LogP contribution in [-0.2, 0) is 40.6 Å². The topological polar surface area (TPSA) is 104 Å². The van der Waals surface area contributed by atoms with Gasteiger partial charge in [0.1, 0.15) is 6.04 Å². The first-order valence-corrected chi connectivity index (χ1v) is 9.46. The lowest BCUT2D eigenvalue weighted by atomic mass is 10.1. The highest BCUT2D eigenvalue weighted by atomic mass is 32.2. The molecule has 8 heteroatoms. The molecule has 3 N–H and O–H groups in total. The van der Waals surface area contributed by atoms with Gasteiger partial charge in [-0.25, -0.2) is 8.42 Å². The largest absolute Gasteiger partial charge is 0.349 e. The molecule has 1 aliphatic carbocycles. The molecule has 4 rings (SSSR count). The summed E-state index contributed by atoms with van der Waals surface area (Å²) in [5.74, 6) is -0.331. The van der Waals surface area contributed by atoms with Crippen LogP contribution < -0.4 is 10.0 Å². The fourth-order valence-electron chi connectivity index (χ4n) is 3.42. The second kappa shape index (κ2) is 5.71. The minimum atomic E-state index is -3.65. The second-order valence-corrected chi connectivity index (χ2v) is 7.87. The molecule has 0 saturated carbocycles. The maximum atomic E-state index is 12.4. The van der Waals surface area contributed by atoms with E-state index >= 15 is 0 Å². The highest BCUT2D eigenvalue weighted by Gasteiger charge is 2.33. The van der Waals surface area contributed by atoms with Crippen molar-refractivity contribution in [2.75, 3.05) is 0 Å². The smallest absolute Gasteiger partial charge is 0.241 e. The molecule has 126 valence electrons. The maximum absolute atomic E-state index is 12.4. The Morgan fingerprint density at radius 2 is 2.12 bits per heavy atom. The molecule has 0 radical (unpaired) electrons. The number of amides is 1. The van der Waals surface area contributed by atoms with Gasteiger partial charge in [-0.3, -0.25) is 9.89 Å². The van der Waals surface area contributed by atoms with E-state index in [1.54, 1.807) is 24.3 Å². The summed E-state index contributed by atoms with van der Waals surface area (Å²) in [5, 5.41) is 10.0. The minimum Gasteiger partial charge on any atom is -0.349 e. The lowest BCUT2D eigenvalue weighted by Gasteiger charge is -2.25. The normalized spacial score (nSPS) is 21.1. The minimum absolute atomic E-state index is 0.249. The highest BCUT2D eigenvalue weighted by molar-refractivity contribution is 7.89. The molecule has 1 aliphatic heterocycles. The van der Waals surface area contributed by atoms with Gasteiger partial charge in [0, 0.05) is 5.69 Å². The molecular formula is C16H18N4O3S. The molecular weight excluding hydrogens is 328 g/mol. The van der Waals surface area contributed by atoms with Crippen LogP contribution >= 0.6 is 0 Å². The molecule has 7 nitrogen and oxygen atoms in total. The molecule has 24 heavy (non-hydrogen) atoms. The number of nitrogens with zero attached hydrogens (tertiary/aromatic N) is 1. The number of sulfonamides is 1. The molecule has 1 aromatic heterocycles. The molecule has 2 heterocycles. The zero-order valence-electron chi connectivity index (χ0n) is 13.0. The van der Waals surface area contributed by atoms with Gasteiger partial charge in [0.05, 0.1) is 17.1 Å². The van der Waals surface area contributed by atoms with Crippen molar-refractivity contribution in [3.8, 4) is 0 Å².